The predicted octanol–water partition coefficient (Wildman–Crippen LogP) is 3.29. The van der Waals surface area contributed by atoms with Crippen molar-refractivity contribution in [3.63, 3.8) is 0 Å². The van der Waals surface area contributed by atoms with Gasteiger partial charge in [0.1, 0.15) is 11.6 Å². The van der Waals surface area contributed by atoms with Gasteiger partial charge in [0, 0.05) is 12.8 Å². The molecule has 1 aromatic carbocycles. The van der Waals surface area contributed by atoms with E-state index in [4.69, 9.17) is 0 Å². The molecule has 1 saturated carbocycles. The molecule has 0 spiro atoms. The maximum atomic E-state index is 13.0. The third-order valence-electron chi connectivity index (χ3n) is 3.27. The van der Waals surface area contributed by atoms with Gasteiger partial charge in [0.15, 0.2) is 0 Å². The Balaban J connectivity index is 2.06. The van der Waals surface area contributed by atoms with E-state index in [2.05, 4.69) is 0 Å². The first kappa shape index (κ1) is 12.1. The second-order valence-electron chi connectivity index (χ2n) is 4.58. The number of carbonyl (C=O) groups excluding carboxylic acids is 1. The highest BCUT2D eigenvalue weighted by atomic mass is 19.3. The topological polar surface area (TPSA) is 17.1 Å². The maximum Gasteiger partial charge on any atom is 0.257 e. The fraction of sp³-hybridized carbons (Fsp3) is 0.462. The summed E-state index contributed by atoms with van der Waals surface area (Å²) in [6.07, 6.45) is 0.0131. The second kappa shape index (κ2) is 4.17. The van der Waals surface area contributed by atoms with Gasteiger partial charge in [-0.1, -0.05) is 12.1 Å². The lowest BCUT2D eigenvalue weighted by atomic mass is 9.76. The maximum absolute atomic E-state index is 13.0. The highest BCUT2D eigenvalue weighted by Crippen LogP contribution is 2.44. The summed E-state index contributed by atoms with van der Waals surface area (Å²) in [7, 11) is 0. The summed E-state index contributed by atoms with van der Waals surface area (Å²) in [5.74, 6) is -4.79. The number of ketones is 1. The molecule has 0 saturated heterocycles. The molecule has 1 unspecified atom stereocenters. The van der Waals surface area contributed by atoms with Crippen molar-refractivity contribution in [3.8, 4) is 0 Å². The van der Waals surface area contributed by atoms with Gasteiger partial charge in [-0.05, 0) is 30.5 Å². The van der Waals surface area contributed by atoms with Gasteiger partial charge in [-0.25, -0.2) is 13.2 Å². The number of hydrogen-bond acceptors (Lipinski definition) is 1. The molecule has 92 valence electrons. The number of benzene rings is 1. The molecule has 1 aliphatic carbocycles. The number of aryl methyl sites for hydroxylation is 1. The van der Waals surface area contributed by atoms with Crippen molar-refractivity contribution < 1.29 is 18.0 Å². The van der Waals surface area contributed by atoms with Crippen molar-refractivity contribution >= 4 is 5.78 Å². The predicted molar refractivity (Wildman–Crippen MR) is 57.5 cm³/mol. The van der Waals surface area contributed by atoms with Crippen molar-refractivity contribution in [1.82, 2.24) is 0 Å². The Bertz CT molecular complexity index is 454. The van der Waals surface area contributed by atoms with Crippen LogP contribution in [0.1, 0.15) is 24.0 Å². The molecule has 1 aliphatic rings. The average molecular weight is 242 g/mol. The Kier molecular flexibility index (Phi) is 2.98. The normalized spacial score (nSPS) is 22.0. The molecule has 2 rings (SSSR count). The third kappa shape index (κ3) is 2.35. The summed E-state index contributed by atoms with van der Waals surface area (Å²) >= 11 is 0. The van der Waals surface area contributed by atoms with Crippen LogP contribution < -0.4 is 0 Å². The fourth-order valence-electron chi connectivity index (χ4n) is 2.04. The fourth-order valence-corrected chi connectivity index (χ4v) is 2.04. The van der Waals surface area contributed by atoms with E-state index in [1.807, 2.05) is 0 Å². The first-order chi connectivity index (χ1) is 7.90. The van der Waals surface area contributed by atoms with Gasteiger partial charge in [0.05, 0.1) is 5.92 Å². The first-order valence-corrected chi connectivity index (χ1v) is 5.56. The van der Waals surface area contributed by atoms with E-state index < -0.39 is 17.6 Å². The van der Waals surface area contributed by atoms with E-state index >= 15 is 0 Å². The van der Waals surface area contributed by atoms with Gasteiger partial charge in [0.2, 0.25) is 0 Å². The Morgan fingerprint density at radius 3 is 2.65 bits per heavy atom. The summed E-state index contributed by atoms with van der Waals surface area (Å²) in [5, 5.41) is 0. The highest BCUT2D eigenvalue weighted by Gasteiger charge is 2.51. The van der Waals surface area contributed by atoms with Crippen molar-refractivity contribution in [1.29, 1.82) is 0 Å². The van der Waals surface area contributed by atoms with Gasteiger partial charge < -0.3 is 0 Å². The number of alkyl halides is 2. The van der Waals surface area contributed by atoms with Gasteiger partial charge in [-0.3, -0.25) is 4.79 Å². The van der Waals surface area contributed by atoms with Gasteiger partial charge in [0.25, 0.3) is 5.92 Å². The molecule has 1 atom stereocenters. The molecule has 1 aromatic rings. The van der Waals surface area contributed by atoms with Crippen molar-refractivity contribution in [2.75, 3.05) is 0 Å². The quantitative estimate of drug-likeness (QED) is 0.794. The van der Waals surface area contributed by atoms with Crippen LogP contribution in [-0.4, -0.2) is 11.7 Å². The third-order valence-corrected chi connectivity index (χ3v) is 3.27. The minimum absolute atomic E-state index is 0.0403. The summed E-state index contributed by atoms with van der Waals surface area (Å²) in [5.41, 5.74) is 1.02. The minimum atomic E-state index is -2.84. The van der Waals surface area contributed by atoms with Crippen LogP contribution in [0.5, 0.6) is 0 Å². The first-order valence-electron chi connectivity index (χ1n) is 5.56. The molecule has 0 aliphatic heterocycles. The summed E-state index contributed by atoms with van der Waals surface area (Å²) in [6, 6.07) is 4.26. The van der Waals surface area contributed by atoms with E-state index in [-0.39, 0.29) is 25.1 Å². The lowest BCUT2D eigenvalue weighted by Gasteiger charge is -2.34. The largest absolute Gasteiger partial charge is 0.299 e. The molecule has 1 nitrogen and oxygen atoms in total. The van der Waals surface area contributed by atoms with Crippen LogP contribution in [0.25, 0.3) is 0 Å². The molecule has 0 bridgehead atoms. The van der Waals surface area contributed by atoms with Crippen LogP contribution in [0.4, 0.5) is 13.2 Å². The molecule has 0 N–H and O–H groups in total. The Morgan fingerprint density at radius 2 is 2.18 bits per heavy atom. The SMILES string of the molecule is Cc1cc(CC(=O)C2CCC2(F)F)ccc1F. The smallest absolute Gasteiger partial charge is 0.257 e. The van der Waals surface area contributed by atoms with Gasteiger partial charge in [-0.2, -0.15) is 0 Å². The Labute approximate surface area is 97.6 Å². The molecule has 0 radical (unpaired) electrons. The molecule has 0 amide bonds. The standard InChI is InChI=1S/C13H13F3O/c1-8-6-9(2-3-11(8)14)7-12(17)10-4-5-13(10,15)16/h2-3,6,10H,4-5,7H2,1H3. The number of hydrogen-bond donors (Lipinski definition) is 0. The Hall–Kier alpha value is -1.32. The monoisotopic (exact) mass is 242 g/mol. The zero-order chi connectivity index (χ0) is 12.6. The van der Waals surface area contributed by atoms with Crippen LogP contribution in [-0.2, 0) is 11.2 Å². The molecular weight excluding hydrogens is 229 g/mol. The molecule has 0 aromatic heterocycles. The summed E-state index contributed by atoms with van der Waals surface area (Å²) < 4.78 is 39.0. The lowest BCUT2D eigenvalue weighted by Crippen LogP contribution is -2.44. The molecule has 1 fully saturated rings. The second-order valence-corrected chi connectivity index (χ2v) is 4.58. The Morgan fingerprint density at radius 1 is 1.47 bits per heavy atom. The minimum Gasteiger partial charge on any atom is -0.299 e. The summed E-state index contributed by atoms with van der Waals surface area (Å²) in [6.45, 7) is 1.58. The van der Waals surface area contributed by atoms with Crippen LogP contribution >= 0.6 is 0 Å². The zero-order valence-electron chi connectivity index (χ0n) is 9.47. The van der Waals surface area contributed by atoms with E-state index in [0.717, 1.165) is 0 Å². The van der Waals surface area contributed by atoms with Gasteiger partial charge in [-0.15, -0.1) is 0 Å². The lowest BCUT2D eigenvalue weighted by molar-refractivity contribution is -0.159. The number of rotatable bonds is 3. The summed E-state index contributed by atoms with van der Waals surface area (Å²) in [4.78, 5) is 11.6. The molecular formula is C13H13F3O. The van der Waals surface area contributed by atoms with Crippen molar-refractivity contribution in [3.05, 3.63) is 35.1 Å². The number of carbonyl (C=O) groups is 1. The highest BCUT2D eigenvalue weighted by molar-refractivity contribution is 5.85. The van der Waals surface area contributed by atoms with E-state index in [9.17, 15) is 18.0 Å². The zero-order valence-corrected chi connectivity index (χ0v) is 9.47. The van der Waals surface area contributed by atoms with Crippen LogP contribution in [0.15, 0.2) is 18.2 Å². The van der Waals surface area contributed by atoms with Crippen molar-refractivity contribution in [2.24, 2.45) is 5.92 Å². The van der Waals surface area contributed by atoms with E-state index in [1.165, 1.54) is 18.2 Å². The number of Topliss-reactive ketones (excluding diaryl/α,β-unsaturated/α-hetero) is 1. The molecule has 4 heteroatoms. The van der Waals surface area contributed by atoms with Crippen molar-refractivity contribution in [2.45, 2.75) is 32.1 Å². The van der Waals surface area contributed by atoms with Gasteiger partial charge >= 0.3 is 0 Å². The van der Waals surface area contributed by atoms with E-state index in [1.54, 1.807) is 6.92 Å². The molecule has 0 heterocycles. The average Bonchev–Trinajstić information content (AvgIpc) is 2.22. The van der Waals surface area contributed by atoms with Crippen LogP contribution in [0.3, 0.4) is 0 Å². The van der Waals surface area contributed by atoms with Crippen LogP contribution in [0, 0.1) is 18.7 Å². The van der Waals surface area contributed by atoms with Crippen LogP contribution in [0.2, 0.25) is 0 Å². The number of halogens is 3. The molecule has 17 heavy (non-hydrogen) atoms. The van der Waals surface area contributed by atoms with E-state index in [0.29, 0.717) is 11.1 Å².